The Hall–Kier alpha value is -5.32. The summed E-state index contributed by atoms with van der Waals surface area (Å²) in [6.45, 7) is 4.01. The molecule has 0 saturated carbocycles. The summed E-state index contributed by atoms with van der Waals surface area (Å²) in [7, 11) is 0. The van der Waals surface area contributed by atoms with Crippen LogP contribution in [0.2, 0.25) is 0 Å². The summed E-state index contributed by atoms with van der Waals surface area (Å²) in [5.74, 6) is 3.35. The molecule has 0 aromatic heterocycles. The number of hydrogen-bond donors (Lipinski definition) is 0. The Labute approximate surface area is 291 Å². The summed E-state index contributed by atoms with van der Waals surface area (Å²) in [6, 6.07) is 32.1. The van der Waals surface area contributed by atoms with Crippen LogP contribution in [-0.2, 0) is 9.47 Å². The monoisotopic (exact) mass is 670 g/mol. The summed E-state index contributed by atoms with van der Waals surface area (Å²) in [4.78, 5) is 0. The highest BCUT2D eigenvalue weighted by atomic mass is 16.6. The SMILES string of the molecule is c1cc(C2=NN=C(c3ccc(OCC4CO4)cc3)C2)ccc1OCCCCOc1ccc(C2=NN=C(c3ccc(OCC4CO4)cc3)C2)cc1. The van der Waals surface area contributed by atoms with E-state index in [1.54, 1.807) is 0 Å². The van der Waals surface area contributed by atoms with Gasteiger partial charge in [0.05, 0.1) is 49.3 Å². The second kappa shape index (κ2) is 15.1. The Morgan fingerprint density at radius 3 is 0.980 bits per heavy atom. The predicted octanol–water partition coefficient (Wildman–Crippen LogP) is 6.67. The van der Waals surface area contributed by atoms with Gasteiger partial charge in [0.2, 0.25) is 0 Å². The van der Waals surface area contributed by atoms with Crippen LogP contribution in [0.15, 0.2) is 117 Å². The molecule has 4 aromatic rings. The molecule has 4 aliphatic heterocycles. The Morgan fingerprint density at radius 1 is 0.420 bits per heavy atom. The molecule has 4 aliphatic rings. The van der Waals surface area contributed by atoms with Crippen LogP contribution in [0.1, 0.15) is 47.9 Å². The van der Waals surface area contributed by atoms with Crippen molar-refractivity contribution in [3.05, 3.63) is 119 Å². The van der Waals surface area contributed by atoms with Gasteiger partial charge in [-0.2, -0.15) is 20.4 Å². The van der Waals surface area contributed by atoms with Crippen LogP contribution in [-0.4, -0.2) is 74.7 Å². The van der Waals surface area contributed by atoms with Crippen molar-refractivity contribution in [1.82, 2.24) is 0 Å². The van der Waals surface area contributed by atoms with Crippen LogP contribution in [0.4, 0.5) is 0 Å². The third-order valence-corrected chi connectivity index (χ3v) is 8.76. The van der Waals surface area contributed by atoms with Crippen LogP contribution >= 0.6 is 0 Å². The van der Waals surface area contributed by atoms with Gasteiger partial charge in [-0.3, -0.25) is 0 Å². The maximum atomic E-state index is 5.98. The number of rotatable bonds is 17. The zero-order chi connectivity index (χ0) is 33.5. The molecule has 0 aliphatic carbocycles. The smallest absolute Gasteiger partial charge is 0.119 e. The van der Waals surface area contributed by atoms with E-state index in [9.17, 15) is 0 Å². The van der Waals surface area contributed by atoms with Crippen molar-refractivity contribution in [2.75, 3.05) is 39.6 Å². The van der Waals surface area contributed by atoms with E-state index in [1.807, 2.05) is 97.1 Å². The summed E-state index contributed by atoms with van der Waals surface area (Å²) in [5.41, 5.74) is 7.99. The highest BCUT2D eigenvalue weighted by molar-refractivity contribution is 6.21. The van der Waals surface area contributed by atoms with Crippen molar-refractivity contribution in [2.45, 2.75) is 37.9 Å². The molecule has 0 radical (unpaired) electrons. The van der Waals surface area contributed by atoms with Gasteiger partial charge in [-0.25, -0.2) is 0 Å². The van der Waals surface area contributed by atoms with Crippen LogP contribution in [0.25, 0.3) is 0 Å². The molecular weight excluding hydrogens is 632 g/mol. The van der Waals surface area contributed by atoms with Crippen molar-refractivity contribution in [3.63, 3.8) is 0 Å². The molecule has 4 aromatic carbocycles. The lowest BCUT2D eigenvalue weighted by Crippen LogP contribution is -2.07. The van der Waals surface area contributed by atoms with Crippen molar-refractivity contribution >= 4 is 22.8 Å². The lowest BCUT2D eigenvalue weighted by molar-refractivity contribution is 0.263. The van der Waals surface area contributed by atoms with Gasteiger partial charge in [0.15, 0.2) is 0 Å². The normalized spacial score (nSPS) is 18.9. The number of hydrogen-bond acceptors (Lipinski definition) is 10. The first-order chi connectivity index (χ1) is 24.7. The minimum Gasteiger partial charge on any atom is -0.494 e. The molecule has 10 heteroatoms. The van der Waals surface area contributed by atoms with E-state index in [4.69, 9.17) is 28.4 Å². The van der Waals surface area contributed by atoms with E-state index in [1.165, 1.54) is 0 Å². The first-order valence-corrected chi connectivity index (χ1v) is 17.1. The molecule has 10 nitrogen and oxygen atoms in total. The Bertz CT molecular complexity index is 1750. The van der Waals surface area contributed by atoms with Gasteiger partial charge < -0.3 is 28.4 Å². The molecule has 2 unspecified atom stereocenters. The second-order valence-electron chi connectivity index (χ2n) is 12.6. The van der Waals surface area contributed by atoms with Crippen LogP contribution in [0.5, 0.6) is 23.0 Å². The van der Waals surface area contributed by atoms with E-state index in [0.29, 0.717) is 39.3 Å². The van der Waals surface area contributed by atoms with Gasteiger partial charge >= 0.3 is 0 Å². The molecule has 2 fully saturated rings. The molecule has 2 saturated heterocycles. The molecule has 0 spiro atoms. The third kappa shape index (κ3) is 8.45. The van der Waals surface area contributed by atoms with Crippen molar-refractivity contribution in [2.24, 2.45) is 20.4 Å². The fourth-order valence-corrected chi connectivity index (χ4v) is 5.60. The molecule has 0 bridgehead atoms. The first kappa shape index (κ1) is 31.9. The van der Waals surface area contributed by atoms with E-state index < -0.39 is 0 Å². The topological polar surface area (TPSA) is 111 Å². The van der Waals surface area contributed by atoms with Crippen LogP contribution in [0.3, 0.4) is 0 Å². The average Bonchev–Trinajstić information content (AvgIpc) is 4.08. The van der Waals surface area contributed by atoms with E-state index in [-0.39, 0.29) is 12.2 Å². The lowest BCUT2D eigenvalue weighted by Gasteiger charge is -2.09. The number of nitrogens with zero attached hydrogens (tertiary/aromatic N) is 4. The van der Waals surface area contributed by atoms with Gasteiger partial charge in [0, 0.05) is 12.8 Å². The lowest BCUT2D eigenvalue weighted by atomic mass is 10.0. The minimum absolute atomic E-state index is 0.242. The quantitative estimate of drug-likeness (QED) is 0.0916. The summed E-state index contributed by atoms with van der Waals surface area (Å²) >= 11 is 0. The Kier molecular flexibility index (Phi) is 9.62. The second-order valence-corrected chi connectivity index (χ2v) is 12.6. The van der Waals surface area contributed by atoms with Crippen molar-refractivity contribution in [1.29, 1.82) is 0 Å². The van der Waals surface area contributed by atoms with Gasteiger partial charge in [0.25, 0.3) is 0 Å². The number of benzene rings is 4. The summed E-state index contributed by atoms with van der Waals surface area (Å²) in [5, 5.41) is 17.7. The molecule has 8 rings (SSSR count). The van der Waals surface area contributed by atoms with Gasteiger partial charge in [0.1, 0.15) is 48.4 Å². The minimum atomic E-state index is 0.242. The molecule has 2 atom stereocenters. The van der Waals surface area contributed by atoms with Crippen LogP contribution in [0, 0.1) is 0 Å². The Morgan fingerprint density at radius 2 is 0.700 bits per heavy atom. The zero-order valence-corrected chi connectivity index (χ0v) is 27.7. The highest BCUT2D eigenvalue weighted by Gasteiger charge is 2.24. The largest absolute Gasteiger partial charge is 0.494 e. The van der Waals surface area contributed by atoms with Gasteiger partial charge in [-0.05, 0) is 132 Å². The Balaban J connectivity index is 0.709. The highest BCUT2D eigenvalue weighted by Crippen LogP contribution is 2.24. The number of epoxide rings is 2. The average molecular weight is 671 g/mol. The van der Waals surface area contributed by atoms with Crippen molar-refractivity contribution in [3.8, 4) is 23.0 Å². The fourth-order valence-electron chi connectivity index (χ4n) is 5.60. The van der Waals surface area contributed by atoms with E-state index in [2.05, 4.69) is 20.4 Å². The molecule has 50 heavy (non-hydrogen) atoms. The first-order valence-electron chi connectivity index (χ1n) is 17.1. The predicted molar refractivity (Wildman–Crippen MR) is 192 cm³/mol. The number of ether oxygens (including phenoxy) is 6. The molecule has 4 heterocycles. The van der Waals surface area contributed by atoms with E-state index >= 15 is 0 Å². The van der Waals surface area contributed by atoms with Crippen LogP contribution < -0.4 is 18.9 Å². The molecule has 254 valence electrons. The molecule has 0 N–H and O–H groups in total. The molecule has 0 amide bonds. The maximum absolute atomic E-state index is 5.98. The fraction of sp³-hybridized carbons (Fsp3) is 0.300. The third-order valence-electron chi connectivity index (χ3n) is 8.76. The van der Waals surface area contributed by atoms with Crippen molar-refractivity contribution < 1.29 is 28.4 Å². The van der Waals surface area contributed by atoms with Gasteiger partial charge in [-0.1, -0.05) is 0 Å². The standard InChI is InChI=1S/C40H38N4O6/c1(19-45-31-11-3-27(4-12-31)37-21-39(43-41-37)29-7-15-33(16-8-29)47-23-35-25-49-35)2-20-46-32-13-5-28(6-14-32)38-22-40(44-42-38)30-9-17-34(18-10-30)48-24-36-26-50-36/h3-18,35-36H,1-2,19-26H2. The summed E-state index contributed by atoms with van der Waals surface area (Å²) < 4.78 is 33.8. The van der Waals surface area contributed by atoms with E-state index in [0.717, 1.165) is 94.2 Å². The number of unbranched alkanes of at least 4 members (excludes halogenated alkanes) is 1. The molecular formula is C40H38N4O6. The summed E-state index contributed by atoms with van der Waals surface area (Å²) in [6.07, 6.45) is 3.64. The van der Waals surface area contributed by atoms with Gasteiger partial charge in [-0.15, -0.1) is 0 Å². The maximum Gasteiger partial charge on any atom is 0.119 e. The zero-order valence-electron chi connectivity index (χ0n) is 27.7.